The van der Waals surface area contributed by atoms with Crippen molar-refractivity contribution in [2.24, 2.45) is 0 Å². The van der Waals surface area contributed by atoms with E-state index in [0.717, 1.165) is 0 Å². The van der Waals surface area contributed by atoms with Crippen LogP contribution < -0.4 is 0 Å². The van der Waals surface area contributed by atoms with Crippen LogP contribution in [0.5, 0.6) is 0 Å². The fourth-order valence-corrected chi connectivity index (χ4v) is 2.35. The van der Waals surface area contributed by atoms with Gasteiger partial charge in [-0.3, -0.25) is 4.90 Å². The Labute approximate surface area is 102 Å². The predicted molar refractivity (Wildman–Crippen MR) is 72.8 cm³/mol. The molecule has 1 aliphatic rings. The number of unbranched alkanes of at least 4 members (excludes halogenated alkanes) is 5. The molecular weight excluding hydrogens is 194 g/mol. The zero-order chi connectivity index (χ0) is 11.5. The summed E-state index contributed by atoms with van der Waals surface area (Å²) in [7, 11) is 0. The minimum atomic E-state index is 1.19. The van der Waals surface area contributed by atoms with Crippen LogP contribution in [0.3, 0.4) is 0 Å². The molecule has 1 heterocycles. The lowest BCUT2D eigenvalue weighted by molar-refractivity contribution is 0.251. The smallest absolute Gasteiger partial charge is 0.0163 e. The first-order chi connectivity index (χ1) is 7.93. The average molecular weight is 223 g/mol. The van der Waals surface area contributed by atoms with Crippen LogP contribution in [0.2, 0.25) is 0 Å². The van der Waals surface area contributed by atoms with Crippen LogP contribution >= 0.6 is 0 Å². The Balaban J connectivity index is 1.87. The molecule has 1 rings (SSSR count). The summed E-state index contributed by atoms with van der Waals surface area (Å²) in [6.45, 7) is 6.11. The highest BCUT2D eigenvalue weighted by atomic mass is 15.1. The Morgan fingerprint density at radius 3 is 2.38 bits per heavy atom. The van der Waals surface area contributed by atoms with Gasteiger partial charge < -0.3 is 0 Å². The van der Waals surface area contributed by atoms with Crippen LogP contribution in [0.15, 0.2) is 12.2 Å². The maximum Gasteiger partial charge on any atom is 0.0163 e. The quantitative estimate of drug-likeness (QED) is 0.436. The molecule has 1 fully saturated rings. The normalized spacial score (nSPS) is 18.3. The second-order valence-corrected chi connectivity index (χ2v) is 5.04. The third-order valence-electron chi connectivity index (χ3n) is 3.45. The van der Waals surface area contributed by atoms with E-state index < -0.39 is 0 Å². The van der Waals surface area contributed by atoms with E-state index >= 15 is 0 Å². The zero-order valence-corrected chi connectivity index (χ0v) is 11.1. The first-order valence-electron chi connectivity index (χ1n) is 7.31. The SMILES string of the molecule is CCCCCCC/C=C/CN1CCCCC1. The Hall–Kier alpha value is -0.300. The first kappa shape index (κ1) is 13.8. The fraction of sp³-hybridized carbons (Fsp3) is 0.867. The molecule has 0 atom stereocenters. The van der Waals surface area contributed by atoms with Crippen molar-refractivity contribution in [1.82, 2.24) is 4.90 Å². The van der Waals surface area contributed by atoms with Gasteiger partial charge in [-0.05, 0) is 38.8 Å². The number of hydrogen-bond acceptors (Lipinski definition) is 1. The molecule has 0 bridgehead atoms. The highest BCUT2D eigenvalue weighted by molar-refractivity contribution is 4.85. The second kappa shape index (κ2) is 9.89. The lowest BCUT2D eigenvalue weighted by Crippen LogP contribution is -2.29. The van der Waals surface area contributed by atoms with Gasteiger partial charge in [0.15, 0.2) is 0 Å². The summed E-state index contributed by atoms with van der Waals surface area (Å²) in [5.41, 5.74) is 0. The van der Waals surface area contributed by atoms with Gasteiger partial charge in [-0.25, -0.2) is 0 Å². The van der Waals surface area contributed by atoms with Crippen molar-refractivity contribution >= 4 is 0 Å². The van der Waals surface area contributed by atoms with Crippen LogP contribution in [0, 0.1) is 0 Å². The van der Waals surface area contributed by atoms with Crippen molar-refractivity contribution in [1.29, 1.82) is 0 Å². The van der Waals surface area contributed by atoms with E-state index in [1.54, 1.807) is 0 Å². The van der Waals surface area contributed by atoms with Crippen molar-refractivity contribution in [3.05, 3.63) is 12.2 Å². The zero-order valence-electron chi connectivity index (χ0n) is 11.1. The predicted octanol–water partition coefficient (Wildman–Crippen LogP) is 4.39. The molecule has 0 aromatic rings. The minimum absolute atomic E-state index is 1.19. The van der Waals surface area contributed by atoms with E-state index in [1.807, 2.05) is 0 Å². The van der Waals surface area contributed by atoms with Gasteiger partial charge in [0.1, 0.15) is 0 Å². The summed E-state index contributed by atoms with van der Waals surface area (Å²) in [4.78, 5) is 2.58. The van der Waals surface area contributed by atoms with Crippen molar-refractivity contribution in [3.8, 4) is 0 Å². The summed E-state index contributed by atoms with van der Waals surface area (Å²) in [6.07, 6.45) is 17.3. The third kappa shape index (κ3) is 7.05. The third-order valence-corrected chi connectivity index (χ3v) is 3.45. The Bertz CT molecular complexity index is 168. The van der Waals surface area contributed by atoms with Crippen molar-refractivity contribution in [2.75, 3.05) is 19.6 Å². The van der Waals surface area contributed by atoms with Gasteiger partial charge in [-0.1, -0.05) is 51.2 Å². The molecule has 94 valence electrons. The van der Waals surface area contributed by atoms with Gasteiger partial charge in [-0.15, -0.1) is 0 Å². The standard InChI is InChI=1S/C15H29N/c1-2-3-4-5-6-7-8-10-13-16-14-11-9-12-15-16/h8,10H,2-7,9,11-15H2,1H3/b10-8+. The van der Waals surface area contributed by atoms with E-state index in [1.165, 1.54) is 77.4 Å². The highest BCUT2D eigenvalue weighted by Gasteiger charge is 2.06. The van der Waals surface area contributed by atoms with Crippen molar-refractivity contribution in [2.45, 2.75) is 64.7 Å². The molecule has 1 saturated heterocycles. The summed E-state index contributed by atoms with van der Waals surface area (Å²) >= 11 is 0. The molecule has 0 aromatic heterocycles. The van der Waals surface area contributed by atoms with Crippen LogP contribution in [-0.2, 0) is 0 Å². The van der Waals surface area contributed by atoms with Crippen molar-refractivity contribution < 1.29 is 0 Å². The van der Waals surface area contributed by atoms with Crippen LogP contribution in [-0.4, -0.2) is 24.5 Å². The molecule has 0 N–H and O–H groups in total. The van der Waals surface area contributed by atoms with Gasteiger partial charge >= 0.3 is 0 Å². The molecular formula is C15H29N. The summed E-state index contributed by atoms with van der Waals surface area (Å²) in [5, 5.41) is 0. The number of likely N-dealkylation sites (tertiary alicyclic amines) is 1. The van der Waals surface area contributed by atoms with E-state index in [-0.39, 0.29) is 0 Å². The van der Waals surface area contributed by atoms with Gasteiger partial charge in [0, 0.05) is 6.54 Å². The number of allylic oxidation sites excluding steroid dienone is 1. The Morgan fingerprint density at radius 1 is 0.875 bits per heavy atom. The molecule has 0 spiro atoms. The lowest BCUT2D eigenvalue weighted by Gasteiger charge is -2.24. The molecule has 0 radical (unpaired) electrons. The molecule has 0 aliphatic carbocycles. The van der Waals surface area contributed by atoms with Crippen LogP contribution in [0.1, 0.15) is 64.7 Å². The van der Waals surface area contributed by atoms with Crippen LogP contribution in [0.4, 0.5) is 0 Å². The average Bonchev–Trinajstić information content (AvgIpc) is 2.34. The van der Waals surface area contributed by atoms with Gasteiger partial charge in [0.25, 0.3) is 0 Å². The second-order valence-electron chi connectivity index (χ2n) is 5.04. The molecule has 1 nitrogen and oxygen atoms in total. The lowest BCUT2D eigenvalue weighted by atomic mass is 10.1. The van der Waals surface area contributed by atoms with Crippen LogP contribution in [0.25, 0.3) is 0 Å². The molecule has 16 heavy (non-hydrogen) atoms. The van der Waals surface area contributed by atoms with E-state index in [9.17, 15) is 0 Å². The number of nitrogens with zero attached hydrogens (tertiary/aromatic N) is 1. The largest absolute Gasteiger partial charge is 0.300 e. The monoisotopic (exact) mass is 223 g/mol. The molecule has 0 unspecified atom stereocenters. The van der Waals surface area contributed by atoms with Gasteiger partial charge in [0.2, 0.25) is 0 Å². The van der Waals surface area contributed by atoms with E-state index in [0.29, 0.717) is 0 Å². The maximum atomic E-state index is 2.58. The summed E-state index contributed by atoms with van der Waals surface area (Å²) in [6, 6.07) is 0. The number of hydrogen-bond donors (Lipinski definition) is 0. The minimum Gasteiger partial charge on any atom is -0.300 e. The topological polar surface area (TPSA) is 3.24 Å². The summed E-state index contributed by atoms with van der Waals surface area (Å²) < 4.78 is 0. The molecule has 0 saturated carbocycles. The van der Waals surface area contributed by atoms with Gasteiger partial charge in [0.05, 0.1) is 0 Å². The van der Waals surface area contributed by atoms with E-state index in [4.69, 9.17) is 0 Å². The fourth-order valence-electron chi connectivity index (χ4n) is 2.35. The number of piperidine rings is 1. The van der Waals surface area contributed by atoms with Gasteiger partial charge in [-0.2, -0.15) is 0 Å². The molecule has 0 amide bonds. The summed E-state index contributed by atoms with van der Waals surface area (Å²) in [5.74, 6) is 0. The van der Waals surface area contributed by atoms with E-state index in [2.05, 4.69) is 24.0 Å². The molecule has 1 aliphatic heterocycles. The molecule has 1 heteroatoms. The first-order valence-corrected chi connectivity index (χ1v) is 7.31. The number of rotatable bonds is 8. The molecule has 0 aromatic carbocycles. The van der Waals surface area contributed by atoms with Crippen molar-refractivity contribution in [3.63, 3.8) is 0 Å². The Kier molecular flexibility index (Phi) is 8.51. The Morgan fingerprint density at radius 2 is 1.62 bits per heavy atom. The highest BCUT2D eigenvalue weighted by Crippen LogP contribution is 2.08. The maximum absolute atomic E-state index is 2.58.